The summed E-state index contributed by atoms with van der Waals surface area (Å²) in [5, 5.41) is 13.4. The topological polar surface area (TPSA) is 129 Å². The number of aliphatic hydroxyl groups is 1. The average Bonchev–Trinajstić information content (AvgIpc) is 3.82. The Kier molecular flexibility index (Phi) is 7.64. The van der Waals surface area contributed by atoms with Crippen molar-refractivity contribution in [1.29, 1.82) is 0 Å². The standard InChI is InChI=1S/C34H35N5O5S.CH4O/c1-33(2,3)44-32(40)37-15-14-34(21-37)30-24(20-43-34)17-35-31-29(30)27(19-38(31)45(41,42)26-10-5-4-6-11-26)22-12-13-28-23(16-22)18-36-39(28)25-8-7-9-25;1-2/h4-6,10-13,16-19,25H,7-9,14-15,20-21H2,1-3H3;2H,1H3. The molecule has 2 fully saturated rings. The summed E-state index contributed by atoms with van der Waals surface area (Å²) in [6.07, 6.45) is 8.93. The number of ether oxygens (including phenoxy) is 2. The number of nitrogens with zero attached hydrogens (tertiary/aromatic N) is 5. The molecule has 11 nitrogen and oxygen atoms in total. The van der Waals surface area contributed by atoms with Crippen molar-refractivity contribution in [2.75, 3.05) is 20.2 Å². The fourth-order valence-electron chi connectivity index (χ4n) is 6.96. The normalized spacial score (nSPS) is 19.6. The maximum atomic E-state index is 14.1. The largest absolute Gasteiger partial charge is 0.444 e. The van der Waals surface area contributed by atoms with Gasteiger partial charge < -0.3 is 19.5 Å². The molecule has 1 spiro atoms. The Hall–Kier alpha value is -4.26. The lowest BCUT2D eigenvalue weighted by Gasteiger charge is -2.27. The average molecular weight is 658 g/mol. The van der Waals surface area contributed by atoms with Crippen LogP contribution in [0.2, 0.25) is 0 Å². The molecular weight excluding hydrogens is 618 g/mol. The van der Waals surface area contributed by atoms with Crippen LogP contribution < -0.4 is 0 Å². The van der Waals surface area contributed by atoms with Crippen molar-refractivity contribution in [3.63, 3.8) is 0 Å². The van der Waals surface area contributed by atoms with Crippen LogP contribution >= 0.6 is 0 Å². The van der Waals surface area contributed by atoms with E-state index in [1.165, 1.54) is 10.4 Å². The Labute approximate surface area is 273 Å². The van der Waals surface area contributed by atoms with Crippen molar-refractivity contribution >= 4 is 38.1 Å². The first kappa shape index (κ1) is 31.3. The van der Waals surface area contributed by atoms with Crippen molar-refractivity contribution < 1.29 is 27.8 Å². The van der Waals surface area contributed by atoms with Crippen molar-refractivity contribution in [2.45, 2.75) is 75.2 Å². The van der Waals surface area contributed by atoms with Gasteiger partial charge in [0.2, 0.25) is 0 Å². The lowest BCUT2D eigenvalue weighted by Crippen LogP contribution is -2.38. The number of rotatable bonds is 4. The van der Waals surface area contributed by atoms with Crippen LogP contribution in [0.15, 0.2) is 72.0 Å². The Morgan fingerprint density at radius 2 is 1.85 bits per heavy atom. The van der Waals surface area contributed by atoms with Gasteiger partial charge in [-0.1, -0.05) is 24.3 Å². The Balaban J connectivity index is 0.00000172. The second kappa shape index (κ2) is 11.5. The van der Waals surface area contributed by atoms with Gasteiger partial charge in [0.25, 0.3) is 10.0 Å². The van der Waals surface area contributed by atoms with Gasteiger partial charge in [-0.15, -0.1) is 0 Å². The maximum Gasteiger partial charge on any atom is 0.410 e. The van der Waals surface area contributed by atoms with Crippen LogP contribution in [-0.2, 0) is 31.7 Å². The minimum atomic E-state index is -3.98. The number of benzene rings is 2. The van der Waals surface area contributed by atoms with Crippen molar-refractivity contribution in [3.8, 4) is 11.1 Å². The van der Waals surface area contributed by atoms with Crippen LogP contribution in [0.4, 0.5) is 4.79 Å². The number of pyridine rings is 1. The molecule has 3 aliphatic rings. The summed E-state index contributed by atoms with van der Waals surface area (Å²) in [6, 6.07) is 15.0. The predicted octanol–water partition coefficient (Wildman–Crippen LogP) is 5.99. The van der Waals surface area contributed by atoms with Gasteiger partial charge >= 0.3 is 6.09 Å². The van der Waals surface area contributed by atoms with Gasteiger partial charge in [-0.2, -0.15) is 5.10 Å². The fourth-order valence-corrected chi connectivity index (χ4v) is 8.30. The van der Waals surface area contributed by atoms with E-state index in [1.54, 1.807) is 47.6 Å². The highest BCUT2D eigenvalue weighted by atomic mass is 32.2. The summed E-state index contributed by atoms with van der Waals surface area (Å²) >= 11 is 0. The van der Waals surface area contributed by atoms with Gasteiger partial charge in [0.05, 0.1) is 35.8 Å². The van der Waals surface area contributed by atoms with Gasteiger partial charge in [0.15, 0.2) is 5.65 Å². The molecule has 5 heterocycles. The number of fused-ring (bicyclic) bond motifs is 5. The molecule has 2 aromatic carbocycles. The molecule has 1 aliphatic carbocycles. The van der Waals surface area contributed by atoms with E-state index in [2.05, 4.69) is 16.8 Å². The van der Waals surface area contributed by atoms with Gasteiger partial charge in [-0.05, 0) is 69.9 Å². The Morgan fingerprint density at radius 3 is 2.55 bits per heavy atom. The van der Waals surface area contributed by atoms with E-state index < -0.39 is 21.2 Å². The number of carbonyl (C=O) groups excluding carboxylic acids is 1. The molecule has 246 valence electrons. The van der Waals surface area contributed by atoms with Crippen LogP contribution in [0.25, 0.3) is 33.1 Å². The molecule has 1 N–H and O–H groups in total. The third-order valence-electron chi connectivity index (χ3n) is 9.33. The van der Waals surface area contributed by atoms with E-state index in [-0.39, 0.29) is 11.0 Å². The molecule has 1 saturated carbocycles. The predicted molar refractivity (Wildman–Crippen MR) is 177 cm³/mol. The second-order valence-corrected chi connectivity index (χ2v) is 15.2. The van der Waals surface area contributed by atoms with Crippen LogP contribution in [0.1, 0.15) is 63.6 Å². The monoisotopic (exact) mass is 657 g/mol. The van der Waals surface area contributed by atoms with Gasteiger partial charge in [0, 0.05) is 59.9 Å². The van der Waals surface area contributed by atoms with Crippen molar-refractivity contribution in [3.05, 3.63) is 78.2 Å². The first-order valence-electron chi connectivity index (χ1n) is 15.9. The summed E-state index contributed by atoms with van der Waals surface area (Å²) in [5.74, 6) is 0. The van der Waals surface area contributed by atoms with Crippen molar-refractivity contribution in [1.82, 2.24) is 23.6 Å². The fraction of sp³-hybridized carbons (Fsp3) is 0.400. The third kappa shape index (κ3) is 5.19. The Morgan fingerprint density at radius 1 is 1.09 bits per heavy atom. The third-order valence-corrected chi connectivity index (χ3v) is 11.0. The molecule has 1 saturated heterocycles. The summed E-state index contributed by atoms with van der Waals surface area (Å²) in [6.45, 7) is 6.64. The van der Waals surface area contributed by atoms with E-state index in [1.807, 2.05) is 33.0 Å². The molecule has 1 unspecified atom stereocenters. The molecule has 0 bridgehead atoms. The molecule has 47 heavy (non-hydrogen) atoms. The van der Waals surface area contributed by atoms with E-state index in [9.17, 15) is 13.2 Å². The van der Waals surface area contributed by atoms with Crippen molar-refractivity contribution in [2.24, 2.45) is 0 Å². The number of aromatic nitrogens is 4. The molecule has 8 rings (SSSR count). The molecule has 5 aromatic rings. The smallest absolute Gasteiger partial charge is 0.410 e. The zero-order valence-corrected chi connectivity index (χ0v) is 27.8. The van der Waals surface area contributed by atoms with Crippen LogP contribution in [-0.4, -0.2) is 69.1 Å². The summed E-state index contributed by atoms with van der Waals surface area (Å²) < 4.78 is 43.8. The lowest BCUT2D eigenvalue weighted by atomic mass is 9.87. The van der Waals surface area contributed by atoms with E-state index in [0.717, 1.165) is 58.5 Å². The first-order valence-corrected chi connectivity index (χ1v) is 17.4. The Bertz CT molecular complexity index is 2100. The van der Waals surface area contributed by atoms with Gasteiger partial charge in [0.1, 0.15) is 11.2 Å². The number of aliphatic hydroxyl groups excluding tert-OH is 1. The minimum absolute atomic E-state index is 0.177. The number of amides is 1. The van der Waals surface area contributed by atoms with Gasteiger partial charge in [-0.25, -0.2) is 22.2 Å². The second-order valence-electron chi connectivity index (χ2n) is 13.4. The van der Waals surface area contributed by atoms with Gasteiger partial charge in [-0.3, -0.25) is 4.68 Å². The molecule has 3 aromatic heterocycles. The summed E-state index contributed by atoms with van der Waals surface area (Å²) in [7, 11) is -2.98. The SMILES string of the molecule is CC(C)(C)OC(=O)N1CCC2(C1)OCc1cnc3c(c(-c4ccc5c(cnn5C5CCC5)c4)cn3S(=O)(=O)c3ccccc3)c12.CO. The molecule has 1 atom stereocenters. The van der Waals surface area contributed by atoms with E-state index in [0.29, 0.717) is 37.8 Å². The van der Waals surface area contributed by atoms with E-state index >= 15 is 0 Å². The number of hydrogen-bond donors (Lipinski definition) is 1. The summed E-state index contributed by atoms with van der Waals surface area (Å²) in [5.41, 5.74) is 3.35. The molecule has 0 radical (unpaired) electrons. The molecule has 2 aliphatic heterocycles. The number of likely N-dealkylation sites (tertiary alicyclic amines) is 1. The van der Waals surface area contributed by atoms with Crippen LogP contribution in [0.5, 0.6) is 0 Å². The lowest BCUT2D eigenvalue weighted by molar-refractivity contribution is -0.0320. The molecule has 1 amide bonds. The molecule has 12 heteroatoms. The first-order chi connectivity index (χ1) is 22.5. The van der Waals surface area contributed by atoms with Crippen LogP contribution in [0, 0.1) is 0 Å². The van der Waals surface area contributed by atoms with E-state index in [4.69, 9.17) is 24.7 Å². The highest BCUT2D eigenvalue weighted by molar-refractivity contribution is 7.90. The van der Waals surface area contributed by atoms with Crippen LogP contribution in [0.3, 0.4) is 0 Å². The molecular formula is C35H39N5O6S. The highest BCUT2D eigenvalue weighted by Gasteiger charge is 2.50. The number of hydrogen-bond acceptors (Lipinski definition) is 8. The zero-order chi connectivity index (χ0) is 33.1. The highest BCUT2D eigenvalue weighted by Crippen LogP contribution is 2.49. The number of carbonyl (C=O) groups is 1. The minimum Gasteiger partial charge on any atom is -0.444 e. The maximum absolute atomic E-state index is 14.1. The zero-order valence-electron chi connectivity index (χ0n) is 27.0. The quantitative estimate of drug-likeness (QED) is 0.250. The summed E-state index contributed by atoms with van der Waals surface area (Å²) in [4.78, 5) is 19.7.